The van der Waals surface area contributed by atoms with Crippen molar-refractivity contribution in [3.05, 3.63) is 49.4 Å². The van der Waals surface area contributed by atoms with Crippen LogP contribution in [-0.2, 0) is 0 Å². The molecular formula is C8H9F. The largest absolute Gasteiger partial charge is 0.207 e. The van der Waals surface area contributed by atoms with Gasteiger partial charge in [0.25, 0.3) is 0 Å². The van der Waals surface area contributed by atoms with Crippen LogP contribution >= 0.6 is 0 Å². The van der Waals surface area contributed by atoms with E-state index >= 15 is 0 Å². The predicted molar refractivity (Wildman–Crippen MR) is 38.7 cm³/mol. The molecule has 0 N–H and O–H groups in total. The van der Waals surface area contributed by atoms with Gasteiger partial charge in [-0.1, -0.05) is 31.4 Å². The van der Waals surface area contributed by atoms with Gasteiger partial charge >= 0.3 is 0 Å². The minimum absolute atomic E-state index is 0.315. The molecule has 0 aliphatic rings. The average molecular weight is 124 g/mol. The molecule has 48 valence electrons. The second-order valence-corrected chi connectivity index (χ2v) is 1.38. The lowest BCUT2D eigenvalue weighted by molar-refractivity contribution is 0.667. The maximum atomic E-state index is 12.2. The summed E-state index contributed by atoms with van der Waals surface area (Å²) in [5.41, 5.74) is 0. The molecule has 0 saturated heterocycles. The van der Waals surface area contributed by atoms with Crippen molar-refractivity contribution in [3.63, 3.8) is 0 Å². The van der Waals surface area contributed by atoms with E-state index in [-0.39, 0.29) is 5.83 Å². The van der Waals surface area contributed by atoms with Crippen molar-refractivity contribution in [1.82, 2.24) is 0 Å². The molecule has 0 amide bonds. The van der Waals surface area contributed by atoms with Gasteiger partial charge in [0.2, 0.25) is 0 Å². The Balaban J connectivity index is 3.88. The zero-order valence-corrected chi connectivity index (χ0v) is 5.18. The van der Waals surface area contributed by atoms with Gasteiger partial charge in [-0.25, -0.2) is 4.39 Å². The maximum Gasteiger partial charge on any atom is 0.123 e. The van der Waals surface area contributed by atoms with Gasteiger partial charge in [0, 0.05) is 0 Å². The second kappa shape index (κ2) is 5.04. The Kier molecular flexibility index (Phi) is 4.41. The number of halogens is 1. The molecule has 1 heteroatoms. The molecule has 0 aliphatic carbocycles. The van der Waals surface area contributed by atoms with E-state index in [2.05, 4.69) is 13.2 Å². The molecule has 0 nitrogen and oxygen atoms in total. The number of hydrogen-bond donors (Lipinski definition) is 0. The minimum atomic E-state index is -0.315. The first-order valence-corrected chi connectivity index (χ1v) is 2.58. The van der Waals surface area contributed by atoms with E-state index in [1.54, 1.807) is 0 Å². The summed E-state index contributed by atoms with van der Waals surface area (Å²) in [4.78, 5) is 0. The fourth-order valence-corrected chi connectivity index (χ4v) is 0.328. The SMILES string of the molecule is C=C/C=C\C(F)=C\C=C. The summed E-state index contributed by atoms with van der Waals surface area (Å²) in [6.07, 6.45) is 7.02. The fraction of sp³-hybridized carbons (Fsp3) is 0. The van der Waals surface area contributed by atoms with Crippen LogP contribution in [0.1, 0.15) is 0 Å². The molecule has 0 unspecified atom stereocenters. The van der Waals surface area contributed by atoms with Crippen molar-refractivity contribution in [2.75, 3.05) is 0 Å². The first-order valence-electron chi connectivity index (χ1n) is 2.58. The molecule has 0 atom stereocenters. The van der Waals surface area contributed by atoms with E-state index < -0.39 is 0 Å². The topological polar surface area (TPSA) is 0 Å². The molecular weight excluding hydrogens is 115 g/mol. The summed E-state index contributed by atoms with van der Waals surface area (Å²) in [6.45, 7) is 6.72. The van der Waals surface area contributed by atoms with Crippen molar-refractivity contribution in [2.45, 2.75) is 0 Å². The van der Waals surface area contributed by atoms with Crippen molar-refractivity contribution >= 4 is 0 Å². The Morgan fingerprint density at radius 2 is 1.89 bits per heavy atom. The number of rotatable bonds is 3. The molecule has 0 aromatic carbocycles. The van der Waals surface area contributed by atoms with Gasteiger partial charge in [0.05, 0.1) is 0 Å². The lowest BCUT2D eigenvalue weighted by Crippen LogP contribution is -1.59. The molecule has 0 bridgehead atoms. The highest BCUT2D eigenvalue weighted by Gasteiger charge is 1.78. The minimum Gasteiger partial charge on any atom is -0.207 e. The summed E-state index contributed by atoms with van der Waals surface area (Å²) in [6, 6.07) is 0. The molecule has 0 saturated carbocycles. The molecule has 0 aromatic rings. The van der Waals surface area contributed by atoms with Gasteiger partial charge in [0.15, 0.2) is 0 Å². The van der Waals surface area contributed by atoms with Crippen molar-refractivity contribution in [3.8, 4) is 0 Å². The van der Waals surface area contributed by atoms with Gasteiger partial charge in [-0.2, -0.15) is 0 Å². The normalized spacial score (nSPS) is 11.9. The van der Waals surface area contributed by atoms with E-state index in [0.717, 1.165) is 0 Å². The Bertz CT molecular complexity index is 152. The lowest BCUT2D eigenvalue weighted by Gasteiger charge is -1.78. The zero-order chi connectivity index (χ0) is 7.11. The van der Waals surface area contributed by atoms with E-state index in [9.17, 15) is 4.39 Å². The first kappa shape index (κ1) is 7.89. The highest BCUT2D eigenvalue weighted by Crippen LogP contribution is 1.97. The molecule has 0 aliphatic heterocycles. The molecule has 0 rings (SSSR count). The third-order valence-corrected chi connectivity index (χ3v) is 0.669. The van der Waals surface area contributed by atoms with Gasteiger partial charge in [-0.05, 0) is 12.2 Å². The van der Waals surface area contributed by atoms with E-state index in [0.29, 0.717) is 0 Å². The third-order valence-electron chi connectivity index (χ3n) is 0.669. The smallest absolute Gasteiger partial charge is 0.123 e. The molecule has 0 radical (unpaired) electrons. The van der Waals surface area contributed by atoms with Crippen LogP contribution in [0.5, 0.6) is 0 Å². The Morgan fingerprint density at radius 1 is 1.22 bits per heavy atom. The van der Waals surface area contributed by atoms with Crippen LogP contribution in [0.25, 0.3) is 0 Å². The monoisotopic (exact) mass is 124 g/mol. The van der Waals surface area contributed by atoms with Crippen LogP contribution < -0.4 is 0 Å². The molecule has 0 fully saturated rings. The van der Waals surface area contributed by atoms with Gasteiger partial charge in [-0.3, -0.25) is 0 Å². The molecule has 0 heterocycles. The second-order valence-electron chi connectivity index (χ2n) is 1.38. The Hall–Kier alpha value is -1.11. The van der Waals surface area contributed by atoms with Gasteiger partial charge in [0.1, 0.15) is 5.83 Å². The third kappa shape index (κ3) is 4.75. The zero-order valence-electron chi connectivity index (χ0n) is 5.18. The highest BCUT2D eigenvalue weighted by molar-refractivity contribution is 5.18. The summed E-state index contributed by atoms with van der Waals surface area (Å²) in [5.74, 6) is -0.315. The Morgan fingerprint density at radius 3 is 2.33 bits per heavy atom. The summed E-state index contributed by atoms with van der Waals surface area (Å²) < 4.78 is 12.2. The molecule has 9 heavy (non-hydrogen) atoms. The lowest BCUT2D eigenvalue weighted by atomic mass is 10.4. The van der Waals surface area contributed by atoms with Crippen LogP contribution in [0.3, 0.4) is 0 Å². The van der Waals surface area contributed by atoms with Crippen molar-refractivity contribution in [1.29, 1.82) is 0 Å². The summed E-state index contributed by atoms with van der Waals surface area (Å²) in [7, 11) is 0. The molecule has 0 aromatic heterocycles. The van der Waals surface area contributed by atoms with Crippen LogP contribution in [0, 0.1) is 0 Å². The molecule has 0 spiro atoms. The highest BCUT2D eigenvalue weighted by atomic mass is 19.1. The predicted octanol–water partition coefficient (Wildman–Crippen LogP) is 2.77. The first-order chi connectivity index (χ1) is 4.31. The van der Waals surface area contributed by atoms with Crippen LogP contribution in [0.2, 0.25) is 0 Å². The van der Waals surface area contributed by atoms with Crippen LogP contribution in [0.15, 0.2) is 49.4 Å². The number of hydrogen-bond acceptors (Lipinski definition) is 0. The summed E-state index contributed by atoms with van der Waals surface area (Å²) in [5, 5.41) is 0. The van der Waals surface area contributed by atoms with E-state index in [4.69, 9.17) is 0 Å². The van der Waals surface area contributed by atoms with Crippen molar-refractivity contribution < 1.29 is 4.39 Å². The fourth-order valence-electron chi connectivity index (χ4n) is 0.328. The standard InChI is InChI=1S/C8H9F/c1-3-5-7-8(9)6-4-2/h3-7H,1-2H2/b7-5-,8-6-. The maximum absolute atomic E-state index is 12.2. The van der Waals surface area contributed by atoms with Crippen LogP contribution in [-0.4, -0.2) is 0 Å². The number of allylic oxidation sites excluding steroid dienone is 6. The van der Waals surface area contributed by atoms with Gasteiger partial charge in [-0.15, -0.1) is 0 Å². The summed E-state index contributed by atoms with van der Waals surface area (Å²) >= 11 is 0. The van der Waals surface area contributed by atoms with Crippen LogP contribution in [0.4, 0.5) is 4.39 Å². The van der Waals surface area contributed by atoms with E-state index in [1.165, 1.54) is 30.4 Å². The Labute approximate surface area is 54.7 Å². The van der Waals surface area contributed by atoms with Crippen molar-refractivity contribution in [2.24, 2.45) is 0 Å². The van der Waals surface area contributed by atoms with Gasteiger partial charge < -0.3 is 0 Å². The quantitative estimate of drug-likeness (QED) is 0.507. The van der Waals surface area contributed by atoms with E-state index in [1.807, 2.05) is 0 Å². The average Bonchev–Trinajstić information content (AvgIpc) is 1.85.